The number of hydrogen-bond acceptors (Lipinski definition) is 3. The molecule has 0 aliphatic carbocycles. The van der Waals surface area contributed by atoms with E-state index in [-0.39, 0.29) is 18.0 Å². The van der Waals surface area contributed by atoms with Crippen LogP contribution in [0.25, 0.3) is 44.6 Å². The van der Waals surface area contributed by atoms with Crippen molar-refractivity contribution in [1.82, 2.24) is 4.98 Å². The van der Waals surface area contributed by atoms with E-state index in [9.17, 15) is 0 Å². The molecule has 4 heteroatoms. The fraction of sp³-hybridized carbons (Fsp3) is 0.108. The third-order valence-electron chi connectivity index (χ3n) is 8.64. The van der Waals surface area contributed by atoms with Crippen LogP contribution in [0.4, 0.5) is 0 Å². The normalized spacial score (nSPS) is 19.0. The van der Waals surface area contributed by atoms with E-state index in [1.807, 2.05) is 30.4 Å². The summed E-state index contributed by atoms with van der Waals surface area (Å²) >= 11 is 0. The number of benzene rings is 3. The molecule has 4 nitrogen and oxygen atoms in total. The van der Waals surface area contributed by atoms with Gasteiger partial charge in [0.15, 0.2) is 12.2 Å². The lowest BCUT2D eigenvalue weighted by Gasteiger charge is -2.31. The van der Waals surface area contributed by atoms with Crippen LogP contribution in [0.2, 0.25) is 0 Å². The van der Waals surface area contributed by atoms with Crippen LogP contribution < -0.4 is 4.57 Å². The molecule has 0 spiro atoms. The van der Waals surface area contributed by atoms with E-state index in [0.717, 1.165) is 38.9 Å². The molecule has 0 radical (unpaired) electrons. The summed E-state index contributed by atoms with van der Waals surface area (Å²) in [5.74, 6) is 0.0599. The van der Waals surface area contributed by atoms with E-state index in [1.165, 1.54) is 27.9 Å². The van der Waals surface area contributed by atoms with Crippen LogP contribution in [0.1, 0.15) is 34.2 Å². The van der Waals surface area contributed by atoms with Gasteiger partial charge in [-0.15, -0.1) is 6.58 Å². The molecule has 2 aliphatic heterocycles. The smallest absolute Gasteiger partial charge is 0.227 e. The number of hydrogen-bond donors (Lipinski definition) is 0. The Morgan fingerprint density at radius 3 is 2.49 bits per heavy atom. The predicted octanol–water partition coefficient (Wildman–Crippen LogP) is 8.14. The average molecular weight is 531 g/mol. The summed E-state index contributed by atoms with van der Waals surface area (Å²) in [6.07, 6.45) is 6.05. The molecule has 0 saturated heterocycles. The average Bonchev–Trinajstić information content (AvgIpc) is 3.53. The first-order valence-electron chi connectivity index (χ1n) is 14.0. The number of nitrogens with zero attached hydrogens (tertiary/aromatic N) is 3. The van der Waals surface area contributed by atoms with Crippen LogP contribution in [0.3, 0.4) is 0 Å². The minimum Gasteiger partial charge on any atom is -0.438 e. The Morgan fingerprint density at radius 2 is 1.66 bits per heavy atom. The van der Waals surface area contributed by atoms with Gasteiger partial charge in [-0.25, -0.2) is 4.98 Å². The summed E-state index contributed by atoms with van der Waals surface area (Å²) in [4.78, 5) is 10.0. The topological polar surface area (TPSA) is 42.3 Å². The second-order valence-electron chi connectivity index (χ2n) is 11.0. The molecule has 0 amide bonds. The quantitative estimate of drug-likeness (QED) is 0.171. The van der Waals surface area contributed by atoms with Crippen molar-refractivity contribution in [2.24, 2.45) is 4.99 Å². The maximum atomic E-state index is 6.47. The Morgan fingerprint density at radius 1 is 0.829 bits per heavy atom. The van der Waals surface area contributed by atoms with Gasteiger partial charge in [0, 0.05) is 39.6 Å². The Labute approximate surface area is 238 Å². The van der Waals surface area contributed by atoms with Gasteiger partial charge in [0.05, 0.1) is 28.9 Å². The zero-order valence-corrected chi connectivity index (χ0v) is 22.8. The Hall–Kier alpha value is -5.09. The highest BCUT2D eigenvalue weighted by Gasteiger charge is 2.47. The highest BCUT2D eigenvalue weighted by Crippen LogP contribution is 2.48. The molecule has 41 heavy (non-hydrogen) atoms. The Bertz CT molecular complexity index is 2070. The molecule has 2 aliphatic rings. The van der Waals surface area contributed by atoms with Crippen molar-refractivity contribution >= 4 is 27.8 Å². The number of pyridine rings is 2. The van der Waals surface area contributed by atoms with Crippen molar-refractivity contribution in [3.8, 4) is 22.5 Å². The van der Waals surface area contributed by atoms with E-state index in [2.05, 4.69) is 104 Å². The van der Waals surface area contributed by atoms with Gasteiger partial charge in [-0.2, -0.15) is 4.57 Å². The van der Waals surface area contributed by atoms with Crippen LogP contribution in [0, 0.1) is 6.92 Å². The highest BCUT2D eigenvalue weighted by atomic mass is 16.3. The number of aliphatic imine (C=N–C) groups is 1. The van der Waals surface area contributed by atoms with Crippen molar-refractivity contribution in [2.45, 2.75) is 24.9 Å². The molecule has 0 fully saturated rings. The first-order chi connectivity index (χ1) is 20.1. The van der Waals surface area contributed by atoms with Crippen molar-refractivity contribution < 1.29 is 8.98 Å². The van der Waals surface area contributed by atoms with Gasteiger partial charge in [0.2, 0.25) is 11.4 Å². The number of aryl methyl sites for hydroxylation is 1. The number of allylic oxidation sites excluding steroid dienone is 1. The van der Waals surface area contributed by atoms with Gasteiger partial charge in [-0.3, -0.25) is 4.99 Å². The first kappa shape index (κ1) is 23.8. The second kappa shape index (κ2) is 8.97. The number of furan rings is 1. The molecule has 0 bridgehead atoms. The fourth-order valence-corrected chi connectivity index (χ4v) is 6.78. The van der Waals surface area contributed by atoms with E-state index >= 15 is 0 Å². The molecule has 3 unspecified atom stereocenters. The molecule has 0 N–H and O–H groups in total. The lowest BCUT2D eigenvalue weighted by atomic mass is 9.77. The number of aromatic nitrogens is 2. The fourth-order valence-electron chi connectivity index (χ4n) is 6.78. The summed E-state index contributed by atoms with van der Waals surface area (Å²) < 4.78 is 8.89. The highest BCUT2D eigenvalue weighted by molar-refractivity contribution is 6.10. The van der Waals surface area contributed by atoms with E-state index in [1.54, 1.807) is 0 Å². The molecule has 3 aromatic carbocycles. The molecule has 196 valence electrons. The van der Waals surface area contributed by atoms with Gasteiger partial charge in [0.25, 0.3) is 0 Å². The number of rotatable bonds is 4. The van der Waals surface area contributed by atoms with E-state index in [4.69, 9.17) is 14.4 Å². The lowest BCUT2D eigenvalue weighted by molar-refractivity contribution is -0.701. The van der Waals surface area contributed by atoms with Gasteiger partial charge in [-0.1, -0.05) is 67.3 Å². The first-order valence-corrected chi connectivity index (χ1v) is 14.0. The van der Waals surface area contributed by atoms with Crippen molar-refractivity contribution in [2.75, 3.05) is 0 Å². The zero-order chi connectivity index (χ0) is 27.7. The second-order valence-corrected chi connectivity index (χ2v) is 11.0. The summed E-state index contributed by atoms with van der Waals surface area (Å²) in [5.41, 5.74) is 11.7. The summed E-state index contributed by atoms with van der Waals surface area (Å²) in [6, 6.07) is 31.9. The predicted molar refractivity (Wildman–Crippen MR) is 165 cm³/mol. The molecular weight excluding hydrogens is 502 g/mol. The molecule has 8 rings (SSSR count). The van der Waals surface area contributed by atoms with Crippen molar-refractivity contribution in [3.63, 3.8) is 0 Å². The van der Waals surface area contributed by atoms with Crippen LogP contribution in [0.5, 0.6) is 0 Å². The summed E-state index contributed by atoms with van der Waals surface area (Å²) in [6.45, 7) is 10.4. The van der Waals surface area contributed by atoms with Crippen LogP contribution in [-0.2, 0) is 0 Å². The molecule has 6 aromatic rings. The van der Waals surface area contributed by atoms with Crippen molar-refractivity contribution in [1.29, 1.82) is 0 Å². The standard InChI is InChI=1S/C37H28N3O/c1-4-30-24-13-9-10-14-25(24)35(31(5-2)38-30)36-29-21-34-28(20-27(29)33-19-22(3)17-18-40(33)36)26-15-16-32(39-37(26)41-34)23-11-7-6-8-12-23/h4-21,31,35-36H,1-2H2,3H3/q+1. The largest absolute Gasteiger partial charge is 0.438 e. The maximum absolute atomic E-state index is 6.47. The summed E-state index contributed by atoms with van der Waals surface area (Å²) in [7, 11) is 0. The van der Waals surface area contributed by atoms with Crippen molar-refractivity contribution in [3.05, 3.63) is 145 Å². The third-order valence-corrected chi connectivity index (χ3v) is 8.64. The van der Waals surface area contributed by atoms with Crippen LogP contribution in [-0.4, -0.2) is 16.7 Å². The number of fused-ring (bicyclic) bond motifs is 7. The van der Waals surface area contributed by atoms with E-state index in [0.29, 0.717) is 5.71 Å². The van der Waals surface area contributed by atoms with Crippen LogP contribution in [0.15, 0.2) is 132 Å². The molecule has 5 heterocycles. The van der Waals surface area contributed by atoms with Crippen LogP contribution >= 0.6 is 0 Å². The van der Waals surface area contributed by atoms with Gasteiger partial charge < -0.3 is 4.42 Å². The third kappa shape index (κ3) is 3.50. The van der Waals surface area contributed by atoms with E-state index < -0.39 is 0 Å². The lowest BCUT2D eigenvalue weighted by Crippen LogP contribution is -2.45. The van der Waals surface area contributed by atoms with Gasteiger partial charge >= 0.3 is 0 Å². The Kier molecular flexibility index (Phi) is 5.20. The SMILES string of the molecule is C=CC1=NC(C=C)C(C2c3cc4oc5nc(-c6ccccc6)ccc5c4cc3-c3cc(C)cc[n+]32)c2ccccc21. The van der Waals surface area contributed by atoms with Gasteiger partial charge in [-0.05, 0) is 48.4 Å². The Balaban J connectivity index is 1.36. The minimum absolute atomic E-state index is 0.0188. The van der Waals surface area contributed by atoms with Gasteiger partial charge in [0.1, 0.15) is 5.58 Å². The molecule has 3 aromatic heterocycles. The minimum atomic E-state index is -0.100. The molecular formula is C37H28N3O+. The monoisotopic (exact) mass is 530 g/mol. The molecule has 3 atom stereocenters. The maximum Gasteiger partial charge on any atom is 0.227 e. The zero-order valence-electron chi connectivity index (χ0n) is 22.8. The molecule has 0 saturated carbocycles. The summed E-state index contributed by atoms with van der Waals surface area (Å²) in [5, 5.41) is 2.10.